The first-order valence-corrected chi connectivity index (χ1v) is 10.3. The van der Waals surface area contributed by atoms with Gasteiger partial charge in [0, 0.05) is 18.7 Å². The van der Waals surface area contributed by atoms with Crippen molar-refractivity contribution in [3.63, 3.8) is 0 Å². The minimum absolute atomic E-state index is 0.0963. The van der Waals surface area contributed by atoms with Crippen molar-refractivity contribution >= 4 is 22.7 Å². The van der Waals surface area contributed by atoms with Gasteiger partial charge in [0.1, 0.15) is 0 Å². The summed E-state index contributed by atoms with van der Waals surface area (Å²) in [6, 6.07) is 10.2. The molecule has 0 unspecified atom stereocenters. The van der Waals surface area contributed by atoms with Gasteiger partial charge in [-0.25, -0.2) is 4.98 Å². The number of nitrogens with two attached hydrogens (primary N) is 1. The Balaban J connectivity index is 1.68. The van der Waals surface area contributed by atoms with Crippen molar-refractivity contribution in [1.29, 1.82) is 0 Å². The van der Waals surface area contributed by atoms with Crippen LogP contribution in [0.15, 0.2) is 34.7 Å². The molecule has 3 heterocycles. The number of amides is 1. The summed E-state index contributed by atoms with van der Waals surface area (Å²) >= 11 is 0. The summed E-state index contributed by atoms with van der Waals surface area (Å²) in [7, 11) is 0. The van der Waals surface area contributed by atoms with Crippen LogP contribution in [0.5, 0.6) is 0 Å². The third-order valence-electron chi connectivity index (χ3n) is 6.08. The normalized spacial score (nSPS) is 16.9. The number of piperidine rings is 1. The molecule has 2 N–H and O–H groups in total. The Hall–Kier alpha value is -2.82. The smallest absolute Gasteiger partial charge is 0.291 e. The molecule has 1 aromatic carbocycles. The maximum atomic E-state index is 13.0. The van der Waals surface area contributed by atoms with Crippen LogP contribution in [0, 0.1) is 0 Å². The maximum absolute atomic E-state index is 13.0. The van der Waals surface area contributed by atoms with E-state index in [4.69, 9.17) is 15.1 Å². The molecule has 5 rings (SSSR count). The number of aryl methyl sites for hydroxylation is 1. The third kappa shape index (κ3) is 2.77. The topological polar surface area (TPSA) is 72.4 Å². The number of likely N-dealkylation sites (tertiary alicyclic amines) is 1. The van der Waals surface area contributed by atoms with Crippen LogP contribution < -0.4 is 5.73 Å². The summed E-state index contributed by atoms with van der Waals surface area (Å²) < 4.78 is 6.01. The summed E-state index contributed by atoms with van der Waals surface area (Å²) in [4.78, 5) is 19.8. The molecule has 3 aromatic rings. The number of fused-ring (bicyclic) bond motifs is 3. The Morgan fingerprint density at radius 2 is 1.68 bits per heavy atom. The second-order valence-corrected chi connectivity index (χ2v) is 7.87. The number of carbonyl (C=O) groups excluding carboxylic acids is 1. The summed E-state index contributed by atoms with van der Waals surface area (Å²) in [5, 5.41) is 0.856. The Labute approximate surface area is 164 Å². The average molecular weight is 375 g/mol. The monoisotopic (exact) mass is 375 g/mol. The molecule has 0 spiro atoms. The highest BCUT2D eigenvalue weighted by Crippen LogP contribution is 2.40. The van der Waals surface area contributed by atoms with Crippen LogP contribution in [-0.4, -0.2) is 28.9 Å². The molecule has 1 aliphatic heterocycles. The van der Waals surface area contributed by atoms with Crippen molar-refractivity contribution in [3.05, 3.63) is 47.2 Å². The van der Waals surface area contributed by atoms with E-state index in [0.717, 1.165) is 68.3 Å². The molecule has 144 valence electrons. The third-order valence-corrected chi connectivity index (χ3v) is 6.08. The van der Waals surface area contributed by atoms with E-state index in [9.17, 15) is 4.79 Å². The lowest BCUT2D eigenvalue weighted by Gasteiger charge is -2.25. The second-order valence-electron chi connectivity index (χ2n) is 7.87. The SMILES string of the molecule is Nc1c(C(=O)N2CCCCC2)oc2nc(-c3ccccc3)c3c(c12)CCCC3. The number of furan rings is 1. The first kappa shape index (κ1) is 17.3. The van der Waals surface area contributed by atoms with Crippen LogP contribution in [0.3, 0.4) is 0 Å². The molecule has 5 nitrogen and oxygen atoms in total. The second kappa shape index (κ2) is 6.97. The first-order valence-electron chi connectivity index (χ1n) is 10.3. The molecule has 2 aromatic heterocycles. The van der Waals surface area contributed by atoms with Crippen LogP contribution in [0.4, 0.5) is 5.69 Å². The van der Waals surface area contributed by atoms with Crippen molar-refractivity contribution in [2.75, 3.05) is 18.8 Å². The number of hydrogen-bond acceptors (Lipinski definition) is 4. The molecule has 1 amide bonds. The number of carbonyl (C=O) groups is 1. The van der Waals surface area contributed by atoms with E-state index in [1.165, 1.54) is 17.5 Å². The van der Waals surface area contributed by atoms with E-state index in [1.54, 1.807) is 0 Å². The standard InChI is InChI=1S/C23H25N3O2/c24-19-18-16-11-5-6-12-17(16)20(15-9-3-1-4-10-15)25-22(18)28-21(19)23(27)26-13-7-2-8-14-26/h1,3-4,9-10H,2,5-8,11-14,24H2. The minimum atomic E-state index is -0.0963. The number of benzene rings is 1. The van der Waals surface area contributed by atoms with E-state index in [1.807, 2.05) is 23.1 Å². The highest BCUT2D eigenvalue weighted by molar-refractivity contribution is 6.06. The zero-order valence-corrected chi connectivity index (χ0v) is 16.0. The summed E-state index contributed by atoms with van der Waals surface area (Å²) in [6.07, 6.45) is 7.47. The van der Waals surface area contributed by atoms with E-state index >= 15 is 0 Å². The number of hydrogen-bond donors (Lipinski definition) is 1. The number of anilines is 1. The van der Waals surface area contributed by atoms with Crippen LogP contribution >= 0.6 is 0 Å². The highest BCUT2D eigenvalue weighted by Gasteiger charge is 2.29. The van der Waals surface area contributed by atoms with E-state index in [-0.39, 0.29) is 11.7 Å². The van der Waals surface area contributed by atoms with Gasteiger partial charge in [-0.05, 0) is 56.1 Å². The number of rotatable bonds is 2. The lowest BCUT2D eigenvalue weighted by Crippen LogP contribution is -2.35. The molecule has 0 radical (unpaired) electrons. The van der Waals surface area contributed by atoms with Crippen molar-refractivity contribution in [2.24, 2.45) is 0 Å². The quantitative estimate of drug-likeness (QED) is 0.711. The average Bonchev–Trinajstić information content (AvgIpc) is 3.10. The van der Waals surface area contributed by atoms with Crippen molar-refractivity contribution in [2.45, 2.75) is 44.9 Å². The van der Waals surface area contributed by atoms with Gasteiger partial charge in [0.25, 0.3) is 5.91 Å². The zero-order chi connectivity index (χ0) is 19.1. The predicted molar refractivity (Wildman–Crippen MR) is 110 cm³/mol. The molecule has 1 aliphatic carbocycles. The summed E-state index contributed by atoms with van der Waals surface area (Å²) in [5.74, 6) is 0.170. The Morgan fingerprint density at radius 1 is 0.964 bits per heavy atom. The maximum Gasteiger partial charge on any atom is 0.291 e. The van der Waals surface area contributed by atoms with Gasteiger partial charge in [0.2, 0.25) is 11.5 Å². The summed E-state index contributed by atoms with van der Waals surface area (Å²) in [5.41, 5.74) is 12.0. The van der Waals surface area contributed by atoms with Crippen molar-refractivity contribution in [3.8, 4) is 11.3 Å². The van der Waals surface area contributed by atoms with Gasteiger partial charge in [-0.1, -0.05) is 30.3 Å². The van der Waals surface area contributed by atoms with Gasteiger partial charge in [-0.15, -0.1) is 0 Å². The lowest BCUT2D eigenvalue weighted by atomic mass is 9.87. The molecule has 1 saturated heterocycles. The van der Waals surface area contributed by atoms with Crippen LogP contribution in [0.2, 0.25) is 0 Å². The molecular weight excluding hydrogens is 350 g/mol. The number of nitrogens with zero attached hydrogens (tertiary/aromatic N) is 2. The van der Waals surface area contributed by atoms with Gasteiger partial charge >= 0.3 is 0 Å². The van der Waals surface area contributed by atoms with E-state index < -0.39 is 0 Å². The number of pyridine rings is 1. The van der Waals surface area contributed by atoms with Gasteiger partial charge in [0.15, 0.2) is 0 Å². The zero-order valence-electron chi connectivity index (χ0n) is 16.0. The fourth-order valence-corrected chi connectivity index (χ4v) is 4.65. The highest BCUT2D eigenvalue weighted by atomic mass is 16.4. The molecule has 5 heteroatoms. The Bertz CT molecular complexity index is 1030. The van der Waals surface area contributed by atoms with Gasteiger partial charge in [0.05, 0.1) is 16.8 Å². The van der Waals surface area contributed by atoms with Crippen molar-refractivity contribution in [1.82, 2.24) is 9.88 Å². The van der Waals surface area contributed by atoms with E-state index in [2.05, 4.69) is 12.1 Å². The predicted octanol–water partition coefficient (Wildman–Crippen LogP) is 4.58. The van der Waals surface area contributed by atoms with Gasteiger partial charge < -0.3 is 15.1 Å². The largest absolute Gasteiger partial charge is 0.430 e. The minimum Gasteiger partial charge on any atom is -0.430 e. The molecule has 28 heavy (non-hydrogen) atoms. The summed E-state index contributed by atoms with van der Waals surface area (Å²) in [6.45, 7) is 1.55. The molecule has 0 saturated carbocycles. The Morgan fingerprint density at radius 3 is 2.43 bits per heavy atom. The first-order chi connectivity index (χ1) is 13.7. The van der Waals surface area contributed by atoms with Crippen LogP contribution in [0.1, 0.15) is 53.8 Å². The lowest BCUT2D eigenvalue weighted by molar-refractivity contribution is 0.0695. The number of nitrogen functional groups attached to an aromatic ring is 1. The van der Waals surface area contributed by atoms with Crippen LogP contribution in [0.25, 0.3) is 22.4 Å². The molecule has 0 bridgehead atoms. The van der Waals surface area contributed by atoms with E-state index in [0.29, 0.717) is 11.4 Å². The molecular formula is C23H25N3O2. The molecule has 1 fully saturated rings. The fraction of sp³-hybridized carbons (Fsp3) is 0.391. The van der Waals surface area contributed by atoms with Crippen LogP contribution in [-0.2, 0) is 12.8 Å². The molecule has 0 atom stereocenters. The fourth-order valence-electron chi connectivity index (χ4n) is 4.65. The van der Waals surface area contributed by atoms with Crippen molar-refractivity contribution < 1.29 is 9.21 Å². The van der Waals surface area contributed by atoms with Gasteiger partial charge in [-0.2, -0.15) is 0 Å². The Kier molecular flexibility index (Phi) is 4.30. The molecule has 2 aliphatic rings. The van der Waals surface area contributed by atoms with Gasteiger partial charge in [-0.3, -0.25) is 4.79 Å². The number of aromatic nitrogens is 1.